The summed E-state index contributed by atoms with van der Waals surface area (Å²) in [6.45, 7) is 0. The Morgan fingerprint density at radius 1 is 0.552 bits per heavy atom. The van der Waals surface area contributed by atoms with Gasteiger partial charge >= 0.3 is 39.2 Å². The Bertz CT molecular complexity index is 514. The number of hydrogen-bond acceptors (Lipinski definition) is 3. The second-order valence-electron chi connectivity index (χ2n) is 5.70. The Labute approximate surface area is 156 Å². The summed E-state index contributed by atoms with van der Waals surface area (Å²) >= 11 is 0. The summed E-state index contributed by atoms with van der Waals surface area (Å²) in [5, 5.41) is 0. The average Bonchev–Trinajstić information content (AvgIpc) is 2.51. The standard InChI is InChI=1S/C12H15F13O3Si/c1-26-29(27-2,28-3)6-4-5-7(10(17,18)19,11(20,21)22)8(13,14)9(15,16)12(23,24)25/h4-6H2,1-3H3. The molecule has 0 saturated heterocycles. The lowest BCUT2D eigenvalue weighted by molar-refractivity contribution is -0.461. The van der Waals surface area contributed by atoms with Crippen molar-refractivity contribution in [2.24, 2.45) is 5.41 Å². The van der Waals surface area contributed by atoms with Crippen molar-refractivity contribution in [1.29, 1.82) is 0 Å². The van der Waals surface area contributed by atoms with Gasteiger partial charge in [0.2, 0.25) is 5.41 Å². The van der Waals surface area contributed by atoms with E-state index in [1.165, 1.54) is 0 Å². The average molecular weight is 482 g/mol. The molecule has 0 fully saturated rings. The first-order valence-corrected chi connectivity index (χ1v) is 9.18. The fourth-order valence-corrected chi connectivity index (χ4v) is 4.25. The molecule has 0 atom stereocenters. The lowest BCUT2D eigenvalue weighted by atomic mass is 9.72. The van der Waals surface area contributed by atoms with Crippen LogP contribution in [0.3, 0.4) is 0 Å². The van der Waals surface area contributed by atoms with Crippen molar-refractivity contribution in [2.75, 3.05) is 21.3 Å². The second kappa shape index (κ2) is 8.37. The van der Waals surface area contributed by atoms with Crippen LogP contribution in [0.5, 0.6) is 0 Å². The quantitative estimate of drug-likeness (QED) is 0.317. The highest BCUT2D eigenvalue weighted by Crippen LogP contribution is 2.67. The monoisotopic (exact) mass is 482 g/mol. The molecule has 0 radical (unpaired) electrons. The van der Waals surface area contributed by atoms with Crippen molar-refractivity contribution in [3.63, 3.8) is 0 Å². The van der Waals surface area contributed by atoms with E-state index in [1.54, 1.807) is 0 Å². The summed E-state index contributed by atoms with van der Waals surface area (Å²) in [4.78, 5) is 0. The fourth-order valence-electron chi connectivity index (χ4n) is 2.53. The van der Waals surface area contributed by atoms with Crippen molar-refractivity contribution in [3.8, 4) is 0 Å². The van der Waals surface area contributed by atoms with Gasteiger partial charge in [0.1, 0.15) is 0 Å². The van der Waals surface area contributed by atoms with Crippen LogP contribution in [0.4, 0.5) is 57.1 Å². The molecule has 0 rings (SSSR count). The lowest BCUT2D eigenvalue weighted by Crippen LogP contribution is -2.70. The molecule has 0 aromatic heterocycles. The zero-order chi connectivity index (χ0) is 23.7. The predicted octanol–water partition coefficient (Wildman–Crippen LogP) is 5.59. The van der Waals surface area contributed by atoms with E-state index < -0.39 is 63.5 Å². The third kappa shape index (κ3) is 4.61. The van der Waals surface area contributed by atoms with E-state index in [0.29, 0.717) is 0 Å². The summed E-state index contributed by atoms with van der Waals surface area (Å²) in [6, 6.07) is -1.02. The maximum absolute atomic E-state index is 13.9. The Morgan fingerprint density at radius 2 is 0.897 bits per heavy atom. The summed E-state index contributed by atoms with van der Waals surface area (Å²) in [7, 11) is -1.41. The highest BCUT2D eigenvalue weighted by Gasteiger charge is 2.91. The molecule has 0 saturated carbocycles. The molecule has 0 spiro atoms. The molecule has 0 aliphatic carbocycles. The summed E-state index contributed by atoms with van der Waals surface area (Å²) in [5.74, 6) is -15.3. The lowest BCUT2D eigenvalue weighted by Gasteiger charge is -2.45. The van der Waals surface area contributed by atoms with E-state index in [1.807, 2.05) is 0 Å². The van der Waals surface area contributed by atoms with Gasteiger partial charge in [0.05, 0.1) is 0 Å². The minimum atomic E-state index is -7.65. The minimum absolute atomic E-state index is 0.854. The highest BCUT2D eigenvalue weighted by molar-refractivity contribution is 6.60. The van der Waals surface area contributed by atoms with Crippen LogP contribution in [0, 0.1) is 5.41 Å². The van der Waals surface area contributed by atoms with Crippen LogP contribution in [-0.4, -0.2) is 60.5 Å². The van der Waals surface area contributed by atoms with Gasteiger partial charge in [-0.1, -0.05) is 0 Å². The first-order chi connectivity index (χ1) is 12.6. The van der Waals surface area contributed by atoms with E-state index in [4.69, 9.17) is 0 Å². The van der Waals surface area contributed by atoms with Crippen LogP contribution in [0.15, 0.2) is 0 Å². The molecule has 0 aliphatic rings. The zero-order valence-corrected chi connectivity index (χ0v) is 15.8. The van der Waals surface area contributed by atoms with Gasteiger partial charge in [-0.25, -0.2) is 0 Å². The van der Waals surface area contributed by atoms with Crippen molar-refractivity contribution in [2.45, 2.75) is 49.3 Å². The molecular formula is C12H15F13O3Si. The minimum Gasteiger partial charge on any atom is -0.377 e. The van der Waals surface area contributed by atoms with Crippen molar-refractivity contribution in [3.05, 3.63) is 0 Å². The SMILES string of the molecule is CO[Si](CCCC(C(F)(F)F)(C(F)(F)F)C(F)(F)C(F)(F)C(F)(F)F)(OC)OC. The molecule has 0 unspecified atom stereocenters. The largest absolute Gasteiger partial charge is 0.500 e. The first kappa shape index (κ1) is 28.2. The summed E-state index contributed by atoms with van der Waals surface area (Å²) < 4.78 is 184. The predicted molar refractivity (Wildman–Crippen MR) is 71.3 cm³/mol. The maximum atomic E-state index is 13.9. The van der Waals surface area contributed by atoms with E-state index in [-0.39, 0.29) is 0 Å². The summed E-state index contributed by atoms with van der Waals surface area (Å²) in [5.41, 5.74) is -6.72. The number of halogens is 13. The van der Waals surface area contributed by atoms with Crippen LogP contribution >= 0.6 is 0 Å². The smallest absolute Gasteiger partial charge is 0.377 e. The van der Waals surface area contributed by atoms with Gasteiger partial charge in [-0.2, -0.15) is 57.1 Å². The number of hydrogen-bond donors (Lipinski definition) is 0. The Balaban J connectivity index is 6.54. The van der Waals surface area contributed by atoms with Crippen LogP contribution in [0.1, 0.15) is 12.8 Å². The molecule has 0 bridgehead atoms. The van der Waals surface area contributed by atoms with E-state index in [9.17, 15) is 57.1 Å². The third-order valence-electron chi connectivity index (χ3n) is 4.22. The van der Waals surface area contributed by atoms with Gasteiger partial charge in [0, 0.05) is 27.4 Å². The molecular weight excluding hydrogens is 467 g/mol. The third-order valence-corrected chi connectivity index (χ3v) is 7.05. The summed E-state index contributed by atoms with van der Waals surface area (Å²) in [6.07, 6.45) is -26.3. The Kier molecular flexibility index (Phi) is 8.14. The van der Waals surface area contributed by atoms with Crippen molar-refractivity contribution < 1.29 is 70.4 Å². The molecule has 0 aromatic rings. The van der Waals surface area contributed by atoms with Gasteiger partial charge in [-0.3, -0.25) is 0 Å². The van der Waals surface area contributed by atoms with Crippen LogP contribution in [0.2, 0.25) is 6.04 Å². The fraction of sp³-hybridized carbons (Fsp3) is 1.00. The van der Waals surface area contributed by atoms with E-state index >= 15 is 0 Å². The molecule has 0 heterocycles. The van der Waals surface area contributed by atoms with E-state index in [2.05, 4.69) is 13.3 Å². The van der Waals surface area contributed by atoms with Crippen molar-refractivity contribution >= 4 is 8.80 Å². The maximum Gasteiger partial charge on any atom is 0.500 e. The van der Waals surface area contributed by atoms with Gasteiger partial charge in [0.15, 0.2) is 0 Å². The van der Waals surface area contributed by atoms with Crippen LogP contribution in [0.25, 0.3) is 0 Å². The zero-order valence-electron chi connectivity index (χ0n) is 14.8. The Hall–Kier alpha value is -0.813. The molecule has 0 aromatic carbocycles. The second-order valence-corrected chi connectivity index (χ2v) is 8.79. The molecule has 0 N–H and O–H groups in total. The van der Waals surface area contributed by atoms with Crippen LogP contribution < -0.4 is 0 Å². The van der Waals surface area contributed by atoms with Gasteiger partial charge < -0.3 is 13.3 Å². The van der Waals surface area contributed by atoms with E-state index in [0.717, 1.165) is 21.3 Å². The molecule has 3 nitrogen and oxygen atoms in total. The van der Waals surface area contributed by atoms with Gasteiger partial charge in [0.25, 0.3) is 0 Å². The molecule has 17 heteroatoms. The highest BCUT2D eigenvalue weighted by atomic mass is 28.4. The normalized spacial score (nSPS) is 15.7. The molecule has 176 valence electrons. The molecule has 0 amide bonds. The van der Waals surface area contributed by atoms with Crippen LogP contribution in [-0.2, 0) is 13.3 Å². The molecule has 0 aliphatic heterocycles. The molecule has 29 heavy (non-hydrogen) atoms. The van der Waals surface area contributed by atoms with Gasteiger partial charge in [-0.05, 0) is 12.8 Å². The number of alkyl halides is 13. The van der Waals surface area contributed by atoms with Gasteiger partial charge in [-0.15, -0.1) is 0 Å². The number of rotatable bonds is 9. The van der Waals surface area contributed by atoms with Crippen molar-refractivity contribution in [1.82, 2.24) is 0 Å². The Morgan fingerprint density at radius 3 is 1.14 bits per heavy atom. The first-order valence-electron chi connectivity index (χ1n) is 7.25. The topological polar surface area (TPSA) is 27.7 Å².